The Labute approximate surface area is 132 Å². The molecule has 0 saturated heterocycles. The summed E-state index contributed by atoms with van der Waals surface area (Å²) < 4.78 is 5.64. The first-order chi connectivity index (χ1) is 10.6. The molecule has 1 aliphatic carbocycles. The Bertz CT molecular complexity index is 506. The molecule has 2 rings (SSSR count). The standard InChI is InChI=1S/C17H26N2O3/c1-3-11-22-14-8-5-4-7-13(14)18-16(21)19-15-9-6-10-17(15,2)12-20/h4-5,7-8,15,20H,3,6,9-12H2,1-2H3,(H2,18,19,21). The lowest BCUT2D eigenvalue weighted by molar-refractivity contribution is 0.122. The van der Waals surface area contributed by atoms with E-state index in [1.54, 1.807) is 0 Å². The SMILES string of the molecule is CCCOc1ccccc1NC(=O)NC1CCCC1(C)CO. The molecule has 2 unspecified atom stereocenters. The van der Waals surface area contributed by atoms with Crippen molar-refractivity contribution < 1.29 is 14.6 Å². The van der Waals surface area contributed by atoms with Gasteiger partial charge in [0.25, 0.3) is 0 Å². The van der Waals surface area contributed by atoms with Gasteiger partial charge in [-0.25, -0.2) is 4.79 Å². The van der Waals surface area contributed by atoms with Gasteiger partial charge < -0.3 is 20.5 Å². The van der Waals surface area contributed by atoms with Crippen LogP contribution in [-0.2, 0) is 0 Å². The Morgan fingerprint density at radius 1 is 1.45 bits per heavy atom. The summed E-state index contributed by atoms with van der Waals surface area (Å²) in [5.74, 6) is 0.677. The van der Waals surface area contributed by atoms with Gasteiger partial charge in [-0.2, -0.15) is 0 Å². The van der Waals surface area contributed by atoms with Crippen molar-refractivity contribution in [3.8, 4) is 5.75 Å². The van der Waals surface area contributed by atoms with Crippen LogP contribution in [0, 0.1) is 5.41 Å². The molecule has 1 fully saturated rings. The van der Waals surface area contributed by atoms with Gasteiger partial charge in [-0.3, -0.25) is 0 Å². The molecule has 0 aromatic heterocycles. The van der Waals surface area contributed by atoms with Crippen molar-refractivity contribution in [2.75, 3.05) is 18.5 Å². The summed E-state index contributed by atoms with van der Waals surface area (Å²) in [6.45, 7) is 4.77. The molecule has 0 aliphatic heterocycles. The van der Waals surface area contributed by atoms with E-state index in [0.717, 1.165) is 25.7 Å². The Hall–Kier alpha value is -1.75. The molecule has 0 radical (unpaired) electrons. The van der Waals surface area contributed by atoms with E-state index in [1.165, 1.54) is 0 Å². The van der Waals surface area contributed by atoms with Crippen LogP contribution in [0.1, 0.15) is 39.5 Å². The first-order valence-electron chi connectivity index (χ1n) is 7.99. The number of rotatable bonds is 6. The van der Waals surface area contributed by atoms with Gasteiger partial charge in [0.15, 0.2) is 0 Å². The quantitative estimate of drug-likeness (QED) is 0.756. The normalized spacial score (nSPS) is 24.0. The maximum Gasteiger partial charge on any atom is 0.319 e. The first-order valence-corrected chi connectivity index (χ1v) is 7.99. The third-order valence-corrected chi connectivity index (χ3v) is 4.35. The summed E-state index contributed by atoms with van der Waals surface area (Å²) in [6, 6.07) is 7.17. The summed E-state index contributed by atoms with van der Waals surface area (Å²) in [5, 5.41) is 15.4. The minimum absolute atomic E-state index is 0.00113. The fraction of sp³-hybridized carbons (Fsp3) is 0.588. The van der Waals surface area contributed by atoms with Crippen LogP contribution in [0.2, 0.25) is 0 Å². The Morgan fingerprint density at radius 3 is 2.95 bits per heavy atom. The smallest absolute Gasteiger partial charge is 0.319 e. The Balaban J connectivity index is 1.97. The molecule has 3 N–H and O–H groups in total. The van der Waals surface area contributed by atoms with E-state index >= 15 is 0 Å². The predicted molar refractivity (Wildman–Crippen MR) is 87.2 cm³/mol. The molecule has 2 amide bonds. The number of hydrogen-bond acceptors (Lipinski definition) is 3. The third-order valence-electron chi connectivity index (χ3n) is 4.35. The van der Waals surface area contributed by atoms with Crippen LogP contribution in [-0.4, -0.2) is 30.4 Å². The highest BCUT2D eigenvalue weighted by atomic mass is 16.5. The lowest BCUT2D eigenvalue weighted by Crippen LogP contribution is -2.46. The number of urea groups is 1. The molecular formula is C17H26N2O3. The number of aliphatic hydroxyl groups is 1. The first kappa shape index (κ1) is 16.6. The maximum absolute atomic E-state index is 12.2. The van der Waals surface area contributed by atoms with Gasteiger partial charge in [0.1, 0.15) is 5.75 Å². The van der Waals surface area contributed by atoms with Gasteiger partial charge in [-0.1, -0.05) is 32.4 Å². The maximum atomic E-state index is 12.2. The lowest BCUT2D eigenvalue weighted by Gasteiger charge is -2.30. The van der Waals surface area contributed by atoms with Gasteiger partial charge in [0.2, 0.25) is 0 Å². The summed E-state index contributed by atoms with van der Waals surface area (Å²) in [7, 11) is 0. The summed E-state index contributed by atoms with van der Waals surface area (Å²) >= 11 is 0. The molecule has 0 bridgehead atoms. The number of carbonyl (C=O) groups is 1. The molecule has 1 saturated carbocycles. The van der Waals surface area contributed by atoms with E-state index in [-0.39, 0.29) is 24.1 Å². The van der Waals surface area contributed by atoms with Crippen LogP contribution in [0.25, 0.3) is 0 Å². The van der Waals surface area contributed by atoms with Crippen molar-refractivity contribution in [1.82, 2.24) is 5.32 Å². The number of carbonyl (C=O) groups excluding carboxylic acids is 1. The number of hydrogen-bond donors (Lipinski definition) is 3. The van der Waals surface area contributed by atoms with E-state index in [0.29, 0.717) is 18.0 Å². The van der Waals surface area contributed by atoms with E-state index in [2.05, 4.69) is 10.6 Å². The fourth-order valence-corrected chi connectivity index (χ4v) is 2.89. The average molecular weight is 306 g/mol. The van der Waals surface area contributed by atoms with Gasteiger partial charge in [0.05, 0.1) is 18.9 Å². The van der Waals surface area contributed by atoms with E-state index in [4.69, 9.17) is 4.74 Å². The zero-order valence-corrected chi connectivity index (χ0v) is 13.4. The van der Waals surface area contributed by atoms with Gasteiger partial charge in [-0.05, 0) is 31.4 Å². The number of nitrogens with one attached hydrogen (secondary N) is 2. The molecule has 0 spiro atoms. The predicted octanol–water partition coefficient (Wildman–Crippen LogP) is 3.15. The summed E-state index contributed by atoms with van der Waals surface area (Å²) in [4.78, 5) is 12.2. The number of benzene rings is 1. The number of ether oxygens (including phenoxy) is 1. The number of amides is 2. The molecule has 5 nitrogen and oxygen atoms in total. The highest BCUT2D eigenvalue weighted by Gasteiger charge is 2.39. The summed E-state index contributed by atoms with van der Waals surface area (Å²) in [6.07, 6.45) is 3.78. The molecule has 5 heteroatoms. The second-order valence-corrected chi connectivity index (χ2v) is 6.20. The molecule has 0 heterocycles. The lowest BCUT2D eigenvalue weighted by atomic mass is 9.86. The molecule has 22 heavy (non-hydrogen) atoms. The highest BCUT2D eigenvalue weighted by Crippen LogP contribution is 2.37. The van der Waals surface area contributed by atoms with E-state index in [9.17, 15) is 9.90 Å². The van der Waals surface area contributed by atoms with Crippen LogP contribution in [0.5, 0.6) is 5.75 Å². The average Bonchev–Trinajstić information content (AvgIpc) is 2.88. The molecule has 2 atom stereocenters. The van der Waals surface area contributed by atoms with Gasteiger partial charge in [0, 0.05) is 11.5 Å². The second-order valence-electron chi connectivity index (χ2n) is 6.20. The fourth-order valence-electron chi connectivity index (χ4n) is 2.89. The zero-order valence-electron chi connectivity index (χ0n) is 13.4. The van der Waals surface area contributed by atoms with Crippen LogP contribution in [0.15, 0.2) is 24.3 Å². The zero-order chi connectivity index (χ0) is 16.0. The van der Waals surface area contributed by atoms with Crippen molar-refractivity contribution in [2.24, 2.45) is 5.41 Å². The van der Waals surface area contributed by atoms with Crippen molar-refractivity contribution in [3.63, 3.8) is 0 Å². The molecule has 1 aromatic rings. The van der Waals surface area contributed by atoms with Gasteiger partial charge in [-0.15, -0.1) is 0 Å². The third kappa shape index (κ3) is 3.91. The van der Waals surface area contributed by atoms with Crippen LogP contribution in [0.3, 0.4) is 0 Å². The minimum atomic E-state index is -0.251. The molecule has 122 valence electrons. The minimum Gasteiger partial charge on any atom is -0.491 e. The van der Waals surface area contributed by atoms with Crippen molar-refractivity contribution in [1.29, 1.82) is 0 Å². The Kier molecular flexibility index (Phi) is 5.66. The van der Waals surface area contributed by atoms with Crippen LogP contribution < -0.4 is 15.4 Å². The van der Waals surface area contributed by atoms with E-state index in [1.807, 2.05) is 38.1 Å². The van der Waals surface area contributed by atoms with Gasteiger partial charge >= 0.3 is 6.03 Å². The molecule has 1 aromatic carbocycles. The Morgan fingerprint density at radius 2 is 2.23 bits per heavy atom. The topological polar surface area (TPSA) is 70.6 Å². The van der Waals surface area contributed by atoms with Crippen LogP contribution in [0.4, 0.5) is 10.5 Å². The van der Waals surface area contributed by atoms with Crippen molar-refractivity contribution in [2.45, 2.75) is 45.6 Å². The largest absolute Gasteiger partial charge is 0.491 e. The number of anilines is 1. The number of aliphatic hydroxyl groups excluding tert-OH is 1. The van der Waals surface area contributed by atoms with Crippen molar-refractivity contribution >= 4 is 11.7 Å². The van der Waals surface area contributed by atoms with Crippen LogP contribution >= 0.6 is 0 Å². The highest BCUT2D eigenvalue weighted by molar-refractivity contribution is 5.91. The van der Waals surface area contributed by atoms with E-state index < -0.39 is 0 Å². The number of para-hydroxylation sites is 2. The summed E-state index contributed by atoms with van der Waals surface area (Å²) in [5.41, 5.74) is 0.437. The molecule has 1 aliphatic rings. The van der Waals surface area contributed by atoms with Crippen molar-refractivity contribution in [3.05, 3.63) is 24.3 Å². The molecular weight excluding hydrogens is 280 g/mol. The second kappa shape index (κ2) is 7.49. The monoisotopic (exact) mass is 306 g/mol.